The maximum atomic E-state index is 11.5. The molecule has 0 spiro atoms. The molecule has 112 valence electrons. The summed E-state index contributed by atoms with van der Waals surface area (Å²) in [6.07, 6.45) is 6.82. The molecule has 0 aromatic carbocycles. The average Bonchev–Trinajstić information content (AvgIpc) is 2.86. The van der Waals surface area contributed by atoms with Crippen LogP contribution in [0.15, 0.2) is 6.33 Å². The summed E-state index contributed by atoms with van der Waals surface area (Å²) in [5.41, 5.74) is 2.37. The van der Waals surface area contributed by atoms with E-state index in [4.69, 9.17) is 0 Å². The predicted octanol–water partition coefficient (Wildman–Crippen LogP) is 1.05. The minimum absolute atomic E-state index is 0.516. The zero-order chi connectivity index (χ0) is 14.6. The first kappa shape index (κ1) is 15.2. The molecule has 0 radical (unpaired) electrons. The van der Waals surface area contributed by atoms with Gasteiger partial charge in [-0.25, -0.2) is 22.7 Å². The number of sulfonamides is 1. The van der Waals surface area contributed by atoms with E-state index >= 15 is 0 Å². The maximum Gasteiger partial charge on any atom is 0.211 e. The standard InChI is InChI=1S/C13H22N4O2S/c1-3-17(20(2,18)19)9-5-8-14-13-11-6-4-7-12(11)15-10-16-13/h10H,3-9H2,1-2H3,(H,14,15,16). The number of hydrogen-bond acceptors (Lipinski definition) is 5. The molecule has 1 aromatic heterocycles. The van der Waals surface area contributed by atoms with Crippen LogP contribution in [0.1, 0.15) is 31.0 Å². The molecule has 1 aliphatic carbocycles. The van der Waals surface area contributed by atoms with Crippen molar-refractivity contribution in [2.45, 2.75) is 32.6 Å². The van der Waals surface area contributed by atoms with Crippen molar-refractivity contribution in [3.05, 3.63) is 17.6 Å². The second-order valence-corrected chi connectivity index (χ2v) is 7.02. The fraction of sp³-hybridized carbons (Fsp3) is 0.692. The summed E-state index contributed by atoms with van der Waals surface area (Å²) in [5.74, 6) is 0.912. The molecule has 0 saturated carbocycles. The van der Waals surface area contributed by atoms with Gasteiger partial charge in [-0.3, -0.25) is 0 Å². The van der Waals surface area contributed by atoms with Gasteiger partial charge in [0.2, 0.25) is 10.0 Å². The molecule has 0 amide bonds. The average molecular weight is 298 g/mol. The summed E-state index contributed by atoms with van der Waals surface area (Å²) < 4.78 is 24.4. The van der Waals surface area contributed by atoms with Crippen molar-refractivity contribution >= 4 is 15.8 Å². The van der Waals surface area contributed by atoms with E-state index in [2.05, 4.69) is 15.3 Å². The van der Waals surface area contributed by atoms with E-state index in [1.807, 2.05) is 6.92 Å². The third kappa shape index (κ3) is 3.67. The third-order valence-electron chi connectivity index (χ3n) is 3.57. The first-order valence-corrected chi connectivity index (χ1v) is 8.89. The van der Waals surface area contributed by atoms with Crippen molar-refractivity contribution in [3.63, 3.8) is 0 Å². The Morgan fingerprint density at radius 2 is 2.15 bits per heavy atom. The molecule has 1 aromatic rings. The highest BCUT2D eigenvalue weighted by Crippen LogP contribution is 2.24. The van der Waals surface area contributed by atoms with Gasteiger partial charge in [-0.05, 0) is 25.7 Å². The normalized spacial score (nSPS) is 14.6. The number of anilines is 1. The van der Waals surface area contributed by atoms with Crippen LogP contribution in [0.2, 0.25) is 0 Å². The second kappa shape index (κ2) is 6.49. The lowest BCUT2D eigenvalue weighted by atomic mass is 10.2. The molecule has 1 aliphatic rings. The Kier molecular flexibility index (Phi) is 4.93. The van der Waals surface area contributed by atoms with Gasteiger partial charge in [0.25, 0.3) is 0 Å². The Morgan fingerprint density at radius 1 is 1.35 bits per heavy atom. The summed E-state index contributed by atoms with van der Waals surface area (Å²) in [7, 11) is -3.09. The van der Waals surface area contributed by atoms with Crippen LogP contribution in [0.4, 0.5) is 5.82 Å². The molecule has 0 fully saturated rings. The Bertz CT molecular complexity index is 559. The monoisotopic (exact) mass is 298 g/mol. The van der Waals surface area contributed by atoms with Crippen LogP contribution in [-0.4, -0.2) is 48.6 Å². The van der Waals surface area contributed by atoms with Crippen LogP contribution in [0, 0.1) is 0 Å². The molecule has 1 heterocycles. The van der Waals surface area contributed by atoms with Gasteiger partial charge < -0.3 is 5.32 Å². The van der Waals surface area contributed by atoms with Gasteiger partial charge in [0.15, 0.2) is 0 Å². The molecule has 0 bridgehead atoms. The Morgan fingerprint density at radius 3 is 2.85 bits per heavy atom. The molecule has 2 rings (SSSR count). The fourth-order valence-electron chi connectivity index (χ4n) is 2.53. The molecule has 7 heteroatoms. The lowest BCUT2D eigenvalue weighted by molar-refractivity contribution is 0.428. The summed E-state index contributed by atoms with van der Waals surface area (Å²) in [5, 5.41) is 3.30. The lowest BCUT2D eigenvalue weighted by Gasteiger charge is -2.18. The number of nitrogens with zero attached hydrogens (tertiary/aromatic N) is 3. The molecular weight excluding hydrogens is 276 g/mol. The van der Waals surface area contributed by atoms with Crippen LogP contribution in [-0.2, 0) is 22.9 Å². The van der Waals surface area contributed by atoms with Gasteiger partial charge in [-0.1, -0.05) is 6.92 Å². The van der Waals surface area contributed by atoms with Crippen LogP contribution in [0.25, 0.3) is 0 Å². The van der Waals surface area contributed by atoms with E-state index in [9.17, 15) is 8.42 Å². The summed E-state index contributed by atoms with van der Waals surface area (Å²) in [6.45, 7) is 3.62. The molecule has 0 unspecified atom stereocenters. The molecule has 20 heavy (non-hydrogen) atoms. The minimum Gasteiger partial charge on any atom is -0.370 e. The van der Waals surface area contributed by atoms with Crippen molar-refractivity contribution in [3.8, 4) is 0 Å². The van der Waals surface area contributed by atoms with E-state index in [0.717, 1.165) is 43.7 Å². The third-order valence-corrected chi connectivity index (χ3v) is 4.95. The van der Waals surface area contributed by atoms with Gasteiger partial charge in [0.05, 0.1) is 6.26 Å². The Labute approximate surface area is 120 Å². The largest absolute Gasteiger partial charge is 0.370 e. The van der Waals surface area contributed by atoms with E-state index in [1.165, 1.54) is 16.1 Å². The first-order chi connectivity index (χ1) is 9.52. The Hall–Kier alpha value is -1.21. The second-order valence-electron chi connectivity index (χ2n) is 5.04. The van der Waals surface area contributed by atoms with Crippen molar-refractivity contribution < 1.29 is 8.42 Å². The summed E-state index contributed by atoms with van der Waals surface area (Å²) in [4.78, 5) is 8.57. The van der Waals surface area contributed by atoms with Crippen LogP contribution < -0.4 is 5.32 Å². The number of hydrogen-bond donors (Lipinski definition) is 1. The van der Waals surface area contributed by atoms with Crippen molar-refractivity contribution in [2.75, 3.05) is 31.2 Å². The van der Waals surface area contributed by atoms with E-state index in [1.54, 1.807) is 6.33 Å². The zero-order valence-corrected chi connectivity index (χ0v) is 12.9. The smallest absolute Gasteiger partial charge is 0.211 e. The van der Waals surface area contributed by atoms with Crippen molar-refractivity contribution in [2.24, 2.45) is 0 Å². The van der Waals surface area contributed by atoms with E-state index < -0.39 is 10.0 Å². The van der Waals surface area contributed by atoms with E-state index in [0.29, 0.717) is 13.1 Å². The molecule has 0 aliphatic heterocycles. The number of nitrogens with one attached hydrogen (secondary N) is 1. The SMILES string of the molecule is CCN(CCCNc1ncnc2c1CCC2)S(C)(=O)=O. The highest BCUT2D eigenvalue weighted by molar-refractivity contribution is 7.88. The van der Waals surface area contributed by atoms with Gasteiger partial charge in [-0.15, -0.1) is 0 Å². The number of aromatic nitrogens is 2. The van der Waals surface area contributed by atoms with Crippen molar-refractivity contribution in [1.82, 2.24) is 14.3 Å². The molecular formula is C13H22N4O2S. The maximum absolute atomic E-state index is 11.5. The summed E-state index contributed by atoms with van der Waals surface area (Å²) >= 11 is 0. The molecule has 0 atom stereocenters. The van der Waals surface area contributed by atoms with Crippen molar-refractivity contribution in [1.29, 1.82) is 0 Å². The van der Waals surface area contributed by atoms with Crippen LogP contribution >= 0.6 is 0 Å². The zero-order valence-electron chi connectivity index (χ0n) is 12.1. The van der Waals surface area contributed by atoms with Gasteiger partial charge in [0, 0.05) is 30.9 Å². The molecule has 6 nitrogen and oxygen atoms in total. The molecule has 1 N–H and O–H groups in total. The van der Waals surface area contributed by atoms with Crippen LogP contribution in [0.3, 0.4) is 0 Å². The quantitative estimate of drug-likeness (QED) is 0.762. The first-order valence-electron chi connectivity index (χ1n) is 7.04. The van der Waals surface area contributed by atoms with Crippen LogP contribution in [0.5, 0.6) is 0 Å². The minimum atomic E-state index is -3.09. The number of rotatable bonds is 7. The summed E-state index contributed by atoms with van der Waals surface area (Å²) in [6, 6.07) is 0. The van der Waals surface area contributed by atoms with Gasteiger partial charge in [-0.2, -0.15) is 0 Å². The lowest BCUT2D eigenvalue weighted by Crippen LogP contribution is -2.31. The van der Waals surface area contributed by atoms with E-state index in [-0.39, 0.29) is 0 Å². The Balaban J connectivity index is 1.84. The predicted molar refractivity (Wildman–Crippen MR) is 79.3 cm³/mol. The molecule has 0 saturated heterocycles. The highest BCUT2D eigenvalue weighted by Gasteiger charge is 2.17. The highest BCUT2D eigenvalue weighted by atomic mass is 32.2. The number of aryl methyl sites for hydroxylation is 1. The topological polar surface area (TPSA) is 75.2 Å². The van der Waals surface area contributed by atoms with Gasteiger partial charge in [0.1, 0.15) is 12.1 Å². The number of fused-ring (bicyclic) bond motifs is 1. The fourth-order valence-corrected chi connectivity index (χ4v) is 3.46. The van der Waals surface area contributed by atoms with Gasteiger partial charge >= 0.3 is 0 Å².